The summed E-state index contributed by atoms with van der Waals surface area (Å²) in [4.78, 5) is 10.7. The second kappa shape index (κ2) is 7.55. The quantitative estimate of drug-likeness (QED) is 0.257. The lowest BCUT2D eigenvalue weighted by Crippen LogP contribution is -2.38. The fourth-order valence-electron chi connectivity index (χ4n) is 4.10. The van der Waals surface area contributed by atoms with Crippen LogP contribution in [0, 0.1) is 29.1 Å². The molecule has 3 N–H and O–H groups in total. The number of aliphatic hydroxyl groups excluding tert-OH is 2. The first-order chi connectivity index (χ1) is 10.4. The molecule has 6 unspecified atom stereocenters. The molecule has 2 bridgehead atoms. The van der Waals surface area contributed by atoms with Gasteiger partial charge in [-0.15, -0.1) is 0 Å². The van der Waals surface area contributed by atoms with Crippen molar-refractivity contribution in [3.05, 3.63) is 0 Å². The number of fused-ring (bicyclic) bond motifs is 2. The lowest BCUT2D eigenvalue weighted by atomic mass is 9.79. The van der Waals surface area contributed by atoms with Crippen LogP contribution in [0.2, 0.25) is 0 Å². The topological polar surface area (TPSA) is 88.4 Å². The molecule has 22 heavy (non-hydrogen) atoms. The molecule has 2 aliphatic rings. The lowest BCUT2D eigenvalue weighted by Gasteiger charge is -2.33. The third-order valence-corrected chi connectivity index (χ3v) is 5.86. The summed E-state index contributed by atoms with van der Waals surface area (Å²) in [6.07, 6.45) is 1.79. The van der Waals surface area contributed by atoms with Crippen molar-refractivity contribution in [3.8, 4) is 0 Å². The van der Waals surface area contributed by atoms with E-state index in [1.54, 1.807) is 0 Å². The molecule has 2 fully saturated rings. The highest BCUT2D eigenvalue weighted by Gasteiger charge is 2.50. The van der Waals surface area contributed by atoms with Gasteiger partial charge in [0.1, 0.15) is 0 Å². The normalized spacial score (nSPS) is 35.0. The third-order valence-electron chi connectivity index (χ3n) is 5.86. The largest absolute Gasteiger partial charge is 0.368 e. The van der Waals surface area contributed by atoms with Crippen LogP contribution < -0.4 is 0 Å². The van der Waals surface area contributed by atoms with Crippen molar-refractivity contribution in [2.45, 2.75) is 52.1 Å². The minimum absolute atomic E-state index is 0.107. The van der Waals surface area contributed by atoms with E-state index < -0.39 is 18.0 Å². The average molecular weight is 318 g/mol. The summed E-state index contributed by atoms with van der Waals surface area (Å²) in [7, 11) is 1.46. The second-order valence-corrected chi connectivity index (χ2v) is 7.13. The Balaban J connectivity index is 1.79. The van der Waals surface area contributed by atoms with Gasteiger partial charge in [0.05, 0.1) is 13.2 Å². The first kappa shape index (κ1) is 18.1. The number of methoxy groups -OCH3 is 1. The van der Waals surface area contributed by atoms with Crippen molar-refractivity contribution in [2.24, 2.45) is 29.1 Å². The van der Waals surface area contributed by atoms with Crippen molar-refractivity contribution in [3.63, 3.8) is 0 Å². The molecule has 0 heterocycles. The number of hydrogen-bond acceptors (Lipinski definition) is 6. The fourth-order valence-corrected chi connectivity index (χ4v) is 4.10. The molecule has 6 nitrogen and oxygen atoms in total. The highest BCUT2D eigenvalue weighted by atomic mass is 17.2. The Kier molecular flexibility index (Phi) is 6.22. The van der Waals surface area contributed by atoms with Gasteiger partial charge < -0.3 is 20.1 Å². The monoisotopic (exact) mass is 318 g/mol. The maximum absolute atomic E-state index is 9.86. The first-order valence-corrected chi connectivity index (χ1v) is 8.24. The van der Waals surface area contributed by atoms with E-state index in [2.05, 4.69) is 0 Å². The van der Waals surface area contributed by atoms with Gasteiger partial charge in [-0.2, -0.15) is 0 Å². The van der Waals surface area contributed by atoms with Crippen molar-refractivity contribution in [1.82, 2.24) is 0 Å². The van der Waals surface area contributed by atoms with Crippen molar-refractivity contribution < 1.29 is 29.8 Å². The van der Waals surface area contributed by atoms with Crippen molar-refractivity contribution >= 4 is 0 Å². The van der Waals surface area contributed by atoms with Gasteiger partial charge in [0.15, 0.2) is 12.6 Å². The van der Waals surface area contributed by atoms with Crippen LogP contribution in [-0.2, 0) is 14.5 Å². The van der Waals surface area contributed by atoms with E-state index in [0.29, 0.717) is 24.9 Å². The number of hydrogen-bond donors (Lipinski definition) is 3. The molecular formula is C16H30O6. The molecule has 130 valence electrons. The summed E-state index contributed by atoms with van der Waals surface area (Å²) in [5, 5.41) is 29.0. The van der Waals surface area contributed by atoms with Crippen LogP contribution in [0.25, 0.3) is 0 Å². The third kappa shape index (κ3) is 3.63. The summed E-state index contributed by atoms with van der Waals surface area (Å²) in [6, 6.07) is 0. The van der Waals surface area contributed by atoms with Crippen LogP contribution in [0.4, 0.5) is 0 Å². The van der Waals surface area contributed by atoms with Gasteiger partial charge in [0.2, 0.25) is 0 Å². The van der Waals surface area contributed by atoms with E-state index >= 15 is 0 Å². The first-order valence-electron chi connectivity index (χ1n) is 8.24. The Morgan fingerprint density at radius 1 is 1.14 bits per heavy atom. The Bertz CT molecular complexity index is 350. The van der Waals surface area contributed by atoms with Gasteiger partial charge >= 0.3 is 0 Å². The Morgan fingerprint density at radius 2 is 1.82 bits per heavy atom. The summed E-state index contributed by atoms with van der Waals surface area (Å²) in [5.74, 6) is 0.931. The summed E-state index contributed by atoms with van der Waals surface area (Å²) in [6.45, 7) is 4.43. The van der Waals surface area contributed by atoms with Crippen LogP contribution in [-0.4, -0.2) is 48.2 Å². The number of rotatable bonds is 9. The zero-order valence-corrected chi connectivity index (χ0v) is 13.8. The van der Waals surface area contributed by atoms with E-state index in [4.69, 9.17) is 14.5 Å². The lowest BCUT2D eigenvalue weighted by molar-refractivity contribution is -0.334. The molecular weight excluding hydrogens is 288 g/mol. The van der Waals surface area contributed by atoms with Crippen LogP contribution in [0.5, 0.6) is 0 Å². The average Bonchev–Trinajstić information content (AvgIpc) is 3.11. The van der Waals surface area contributed by atoms with Gasteiger partial charge in [-0.3, -0.25) is 0 Å². The van der Waals surface area contributed by atoms with E-state index in [9.17, 15) is 15.3 Å². The minimum atomic E-state index is -1.28. The number of aliphatic hydroxyl groups is 3. The maximum atomic E-state index is 9.86. The Hall–Kier alpha value is -0.240. The molecule has 0 saturated heterocycles. The molecule has 0 amide bonds. The zero-order valence-electron chi connectivity index (χ0n) is 13.8. The predicted octanol–water partition coefficient (Wildman–Crippen LogP) is 1.29. The second-order valence-electron chi connectivity index (χ2n) is 7.13. The Morgan fingerprint density at radius 3 is 2.41 bits per heavy atom. The Labute approximate surface area is 132 Å². The highest BCUT2D eigenvalue weighted by molar-refractivity contribution is 4.96. The summed E-state index contributed by atoms with van der Waals surface area (Å²) < 4.78 is 4.98. The number of ether oxygens (including phenoxy) is 1. The molecule has 0 aliphatic heterocycles. The molecule has 0 aromatic rings. The van der Waals surface area contributed by atoms with Gasteiger partial charge in [-0.25, -0.2) is 9.78 Å². The molecule has 0 aromatic heterocycles. The van der Waals surface area contributed by atoms with Crippen LogP contribution in [0.15, 0.2) is 0 Å². The smallest absolute Gasteiger partial charge is 0.161 e. The van der Waals surface area contributed by atoms with Gasteiger partial charge in [0, 0.05) is 18.4 Å². The van der Waals surface area contributed by atoms with E-state index in [-0.39, 0.29) is 18.4 Å². The van der Waals surface area contributed by atoms with E-state index in [1.165, 1.54) is 7.11 Å². The molecule has 2 saturated carbocycles. The predicted molar refractivity (Wildman–Crippen MR) is 79.4 cm³/mol. The highest BCUT2D eigenvalue weighted by Crippen LogP contribution is 2.53. The SMILES string of the molecule is CCC(C)(COOCC1C2CCC(C2)C1C(O)O)C(O)OC. The van der Waals surface area contributed by atoms with Gasteiger partial charge in [-0.05, 0) is 43.4 Å². The standard InChI is InChI=1S/C16H30O6/c1-4-16(2,15(19)20-3)9-22-21-8-12-10-5-6-11(7-10)13(12)14(17)18/h10-15,17-19H,4-9H2,1-3H3. The molecule has 2 rings (SSSR count). The van der Waals surface area contributed by atoms with Crippen molar-refractivity contribution in [1.29, 1.82) is 0 Å². The van der Waals surface area contributed by atoms with Crippen LogP contribution in [0.1, 0.15) is 39.5 Å². The minimum Gasteiger partial charge on any atom is -0.368 e. The molecule has 6 atom stereocenters. The van der Waals surface area contributed by atoms with Crippen LogP contribution >= 0.6 is 0 Å². The zero-order chi connectivity index (χ0) is 16.3. The van der Waals surface area contributed by atoms with Crippen LogP contribution in [0.3, 0.4) is 0 Å². The molecule has 2 aliphatic carbocycles. The van der Waals surface area contributed by atoms with Gasteiger partial charge in [-0.1, -0.05) is 13.8 Å². The van der Waals surface area contributed by atoms with Gasteiger partial charge in [0.25, 0.3) is 0 Å². The fraction of sp³-hybridized carbons (Fsp3) is 1.00. The van der Waals surface area contributed by atoms with E-state index in [1.807, 2.05) is 13.8 Å². The summed E-state index contributed by atoms with van der Waals surface area (Å²) >= 11 is 0. The molecule has 0 radical (unpaired) electrons. The summed E-state index contributed by atoms with van der Waals surface area (Å²) in [5.41, 5.74) is -0.528. The molecule has 6 heteroatoms. The molecule has 0 aromatic carbocycles. The molecule has 0 spiro atoms. The van der Waals surface area contributed by atoms with E-state index in [0.717, 1.165) is 19.3 Å². The van der Waals surface area contributed by atoms with Crippen molar-refractivity contribution in [2.75, 3.05) is 20.3 Å². The maximum Gasteiger partial charge on any atom is 0.161 e.